The van der Waals surface area contributed by atoms with Crippen LogP contribution in [-0.4, -0.2) is 76.9 Å². The van der Waals surface area contributed by atoms with Gasteiger partial charge in [-0.3, -0.25) is 24.4 Å². The molecule has 3 atom stereocenters. The van der Waals surface area contributed by atoms with Gasteiger partial charge in [0.2, 0.25) is 5.91 Å². The number of imide groups is 1. The summed E-state index contributed by atoms with van der Waals surface area (Å²) >= 11 is 0. The molecule has 1 aromatic carbocycles. The van der Waals surface area contributed by atoms with Gasteiger partial charge in [-0.15, -0.1) is 0 Å². The van der Waals surface area contributed by atoms with Crippen LogP contribution in [0.3, 0.4) is 0 Å². The summed E-state index contributed by atoms with van der Waals surface area (Å²) in [6, 6.07) is 9.14. The van der Waals surface area contributed by atoms with E-state index >= 15 is 0 Å². The summed E-state index contributed by atoms with van der Waals surface area (Å²) in [5, 5.41) is 3.87. The topological polar surface area (TPSA) is 85.8 Å². The average molecular weight is 393 g/mol. The molecule has 3 saturated heterocycles. The fourth-order valence-electron chi connectivity index (χ4n) is 4.77. The van der Waals surface area contributed by atoms with Gasteiger partial charge in [-0.05, 0) is 36.1 Å². The summed E-state index contributed by atoms with van der Waals surface area (Å²) in [6.07, 6.45) is 1.81. The highest BCUT2D eigenvalue weighted by Gasteiger charge is 2.45. The van der Waals surface area contributed by atoms with Crippen LogP contribution in [0.1, 0.15) is 16.8 Å². The number of nitrogens with one attached hydrogen (secondary N) is 1. The Labute approximate surface area is 168 Å². The van der Waals surface area contributed by atoms with Gasteiger partial charge in [0.25, 0.3) is 5.91 Å². The molecule has 0 bridgehead atoms. The lowest BCUT2D eigenvalue weighted by Gasteiger charge is -2.35. The van der Waals surface area contributed by atoms with Crippen LogP contribution < -0.4 is 5.32 Å². The van der Waals surface area contributed by atoms with E-state index < -0.39 is 0 Å². The van der Waals surface area contributed by atoms with Crippen molar-refractivity contribution in [3.05, 3.63) is 42.1 Å². The molecule has 4 heterocycles. The second kappa shape index (κ2) is 6.81. The predicted molar refractivity (Wildman–Crippen MR) is 106 cm³/mol. The normalized spacial score (nSPS) is 27.4. The number of rotatable bonds is 2. The zero-order valence-corrected chi connectivity index (χ0v) is 16.2. The number of amides is 4. The molecule has 5 rings (SSSR count). The Bertz CT molecular complexity index is 977. The van der Waals surface area contributed by atoms with Crippen LogP contribution in [0.5, 0.6) is 0 Å². The van der Waals surface area contributed by atoms with E-state index in [1.54, 1.807) is 6.20 Å². The van der Waals surface area contributed by atoms with Crippen LogP contribution in [-0.2, 0) is 4.79 Å². The third-order valence-corrected chi connectivity index (χ3v) is 6.43. The fraction of sp³-hybridized carbons (Fsp3) is 0.429. The maximum atomic E-state index is 13.0. The van der Waals surface area contributed by atoms with Crippen LogP contribution in [0.25, 0.3) is 10.9 Å². The molecule has 8 heteroatoms. The minimum atomic E-state index is -0.342. The van der Waals surface area contributed by atoms with Crippen LogP contribution in [0.4, 0.5) is 4.79 Å². The van der Waals surface area contributed by atoms with Gasteiger partial charge >= 0.3 is 6.03 Å². The van der Waals surface area contributed by atoms with Crippen molar-refractivity contribution in [1.82, 2.24) is 25.0 Å². The molecule has 0 spiro atoms. The van der Waals surface area contributed by atoms with Crippen molar-refractivity contribution in [2.45, 2.75) is 12.6 Å². The van der Waals surface area contributed by atoms with Gasteiger partial charge in [0, 0.05) is 50.4 Å². The Balaban J connectivity index is 1.24. The Morgan fingerprint density at radius 1 is 1.10 bits per heavy atom. The highest BCUT2D eigenvalue weighted by molar-refractivity contribution is 5.98. The first kappa shape index (κ1) is 18.1. The van der Waals surface area contributed by atoms with Crippen molar-refractivity contribution in [3.63, 3.8) is 0 Å². The minimum Gasteiger partial charge on any atom is -0.338 e. The van der Waals surface area contributed by atoms with Gasteiger partial charge in [0.1, 0.15) is 0 Å². The summed E-state index contributed by atoms with van der Waals surface area (Å²) < 4.78 is 0. The van der Waals surface area contributed by atoms with Crippen molar-refractivity contribution >= 4 is 28.7 Å². The van der Waals surface area contributed by atoms with Crippen molar-refractivity contribution < 1.29 is 14.4 Å². The predicted octanol–water partition coefficient (Wildman–Crippen LogP) is 1.14. The lowest BCUT2D eigenvalue weighted by Crippen LogP contribution is -2.59. The van der Waals surface area contributed by atoms with E-state index in [1.807, 2.05) is 35.2 Å². The van der Waals surface area contributed by atoms with Crippen molar-refractivity contribution in [3.8, 4) is 0 Å². The molecule has 0 aliphatic carbocycles. The third kappa shape index (κ3) is 3.13. The largest absolute Gasteiger partial charge is 0.338 e. The number of hydrogen-bond donors (Lipinski definition) is 1. The summed E-state index contributed by atoms with van der Waals surface area (Å²) in [5.41, 5.74) is 1.57. The lowest BCUT2D eigenvalue weighted by atomic mass is 10.0. The van der Waals surface area contributed by atoms with Crippen LogP contribution in [0.15, 0.2) is 36.5 Å². The summed E-state index contributed by atoms with van der Waals surface area (Å²) in [7, 11) is 1.50. The number of nitrogens with zero attached hydrogens (tertiary/aromatic N) is 4. The molecule has 3 aliphatic rings. The Morgan fingerprint density at radius 2 is 1.86 bits per heavy atom. The first-order valence-electron chi connectivity index (χ1n) is 9.95. The van der Waals surface area contributed by atoms with E-state index in [9.17, 15) is 14.4 Å². The van der Waals surface area contributed by atoms with Gasteiger partial charge in [0.05, 0.1) is 18.1 Å². The van der Waals surface area contributed by atoms with Gasteiger partial charge in [-0.25, -0.2) is 4.79 Å². The molecule has 29 heavy (non-hydrogen) atoms. The van der Waals surface area contributed by atoms with E-state index in [2.05, 4.69) is 15.2 Å². The number of benzene rings is 1. The number of fused-ring (bicyclic) bond motifs is 2. The summed E-state index contributed by atoms with van der Waals surface area (Å²) in [5.74, 6) is 0.637. The second-order valence-electron chi connectivity index (χ2n) is 8.22. The van der Waals surface area contributed by atoms with Gasteiger partial charge in [-0.1, -0.05) is 6.07 Å². The molecule has 1 N–H and O–H groups in total. The molecule has 0 saturated carbocycles. The zero-order chi connectivity index (χ0) is 20.1. The molecule has 0 radical (unpaired) electrons. The molecule has 3 unspecified atom stereocenters. The van der Waals surface area contributed by atoms with Gasteiger partial charge < -0.3 is 10.2 Å². The number of carbonyl (C=O) groups excluding carboxylic acids is 3. The molecular formula is C21H23N5O3. The van der Waals surface area contributed by atoms with Crippen LogP contribution in [0.2, 0.25) is 0 Å². The number of aromatic nitrogens is 1. The summed E-state index contributed by atoms with van der Waals surface area (Å²) in [4.78, 5) is 46.5. The fourth-order valence-corrected chi connectivity index (χ4v) is 4.77. The maximum Gasteiger partial charge on any atom is 0.325 e. The number of carbonyl (C=O) groups is 3. The van der Waals surface area contributed by atoms with E-state index in [-0.39, 0.29) is 24.0 Å². The lowest BCUT2D eigenvalue weighted by molar-refractivity contribution is -0.130. The van der Waals surface area contributed by atoms with E-state index in [0.717, 1.165) is 28.9 Å². The average Bonchev–Trinajstić information content (AvgIpc) is 3.30. The van der Waals surface area contributed by atoms with E-state index in [0.29, 0.717) is 36.9 Å². The first-order chi connectivity index (χ1) is 14.0. The molecule has 2 aromatic rings. The minimum absolute atomic E-state index is 0.0551. The molecule has 3 fully saturated rings. The van der Waals surface area contributed by atoms with Crippen molar-refractivity contribution in [1.29, 1.82) is 0 Å². The number of urea groups is 1. The second-order valence-corrected chi connectivity index (χ2v) is 8.22. The SMILES string of the molecule is CN1C(=O)CC(N2CC3CN(C(=O)c4ccc5ncccc5c4)CC3C2)NC1=O. The first-order valence-corrected chi connectivity index (χ1v) is 9.95. The molecule has 8 nitrogen and oxygen atoms in total. The molecule has 4 amide bonds. The van der Waals surface area contributed by atoms with Crippen molar-refractivity contribution in [2.75, 3.05) is 33.2 Å². The maximum absolute atomic E-state index is 13.0. The quantitative estimate of drug-likeness (QED) is 0.827. The Morgan fingerprint density at radius 3 is 2.59 bits per heavy atom. The van der Waals surface area contributed by atoms with Gasteiger partial charge in [0.15, 0.2) is 0 Å². The van der Waals surface area contributed by atoms with Gasteiger partial charge in [-0.2, -0.15) is 0 Å². The van der Waals surface area contributed by atoms with Crippen LogP contribution >= 0.6 is 0 Å². The number of pyridine rings is 1. The number of hydrogen-bond acceptors (Lipinski definition) is 5. The molecular weight excluding hydrogens is 370 g/mol. The van der Waals surface area contributed by atoms with E-state index in [4.69, 9.17) is 0 Å². The highest BCUT2D eigenvalue weighted by Crippen LogP contribution is 2.33. The third-order valence-electron chi connectivity index (χ3n) is 6.43. The zero-order valence-electron chi connectivity index (χ0n) is 16.2. The number of likely N-dealkylation sites (tertiary alicyclic amines) is 2. The summed E-state index contributed by atoms with van der Waals surface area (Å²) in [6.45, 7) is 3.00. The highest BCUT2D eigenvalue weighted by atomic mass is 16.2. The molecule has 1 aromatic heterocycles. The Hall–Kier alpha value is -3.00. The Kier molecular flexibility index (Phi) is 4.24. The monoisotopic (exact) mass is 393 g/mol. The molecule has 150 valence electrons. The standard InChI is InChI=1S/C21H23N5O3/c1-24-19(27)8-18(23-21(24)29)25-9-15-11-26(12-16(15)10-25)20(28)14-4-5-17-13(7-14)3-2-6-22-17/h2-7,15-16,18H,8-12H2,1H3,(H,23,29). The smallest absolute Gasteiger partial charge is 0.325 e. The molecule has 3 aliphatic heterocycles. The van der Waals surface area contributed by atoms with Crippen LogP contribution in [0, 0.1) is 11.8 Å². The van der Waals surface area contributed by atoms with E-state index in [1.165, 1.54) is 7.05 Å². The van der Waals surface area contributed by atoms with Crippen molar-refractivity contribution in [2.24, 2.45) is 11.8 Å².